The van der Waals surface area contributed by atoms with Gasteiger partial charge in [0, 0.05) is 26.9 Å². The molecule has 0 radical (unpaired) electrons. The third kappa shape index (κ3) is 25.6. The Balaban J connectivity index is 3.31. The summed E-state index contributed by atoms with van der Waals surface area (Å²) in [5.74, 6) is 0. The van der Waals surface area contributed by atoms with Gasteiger partial charge in [0.15, 0.2) is 0 Å². The van der Waals surface area contributed by atoms with Crippen LogP contribution in [0.3, 0.4) is 0 Å². The molecule has 0 rings (SSSR count). The van der Waals surface area contributed by atoms with Crippen LogP contribution in [0.4, 0.5) is 4.79 Å². The van der Waals surface area contributed by atoms with Crippen LogP contribution in [0.25, 0.3) is 0 Å². The van der Waals surface area contributed by atoms with Crippen LogP contribution in [-0.2, 0) is 14.2 Å². The number of unbranched alkanes of at least 4 members (excludes halogenated alkanes) is 16. The van der Waals surface area contributed by atoms with E-state index in [4.69, 9.17) is 19.3 Å². The predicted octanol–water partition coefficient (Wildman–Crippen LogP) is 6.78. The normalized spacial score (nSPS) is 12.1. The molecule has 6 nitrogen and oxygen atoms in total. The van der Waals surface area contributed by atoms with Crippen LogP contribution >= 0.6 is 0 Å². The number of ether oxygens (including phenoxy) is 3. The molecule has 0 saturated carbocycles. The minimum absolute atomic E-state index is 0.180. The predicted molar refractivity (Wildman–Crippen MR) is 137 cm³/mol. The van der Waals surface area contributed by atoms with E-state index in [-0.39, 0.29) is 19.3 Å². The second kappa shape index (κ2) is 27.4. The van der Waals surface area contributed by atoms with E-state index >= 15 is 0 Å². The lowest BCUT2D eigenvalue weighted by Crippen LogP contribution is -2.31. The van der Waals surface area contributed by atoms with Crippen molar-refractivity contribution in [1.82, 2.24) is 5.32 Å². The molecule has 0 unspecified atom stereocenters. The maximum absolute atomic E-state index is 11.8. The number of methoxy groups -OCH3 is 1. The van der Waals surface area contributed by atoms with Crippen molar-refractivity contribution in [1.29, 1.82) is 0 Å². The fourth-order valence-electron chi connectivity index (χ4n) is 3.80. The van der Waals surface area contributed by atoms with E-state index in [1.807, 2.05) is 0 Å². The minimum atomic E-state index is -0.390. The van der Waals surface area contributed by atoms with Gasteiger partial charge in [-0.25, -0.2) is 4.79 Å². The first-order valence-corrected chi connectivity index (χ1v) is 13.9. The van der Waals surface area contributed by atoms with Gasteiger partial charge < -0.3 is 24.6 Å². The van der Waals surface area contributed by atoms with E-state index in [9.17, 15) is 4.79 Å². The molecule has 0 heterocycles. The van der Waals surface area contributed by atoms with Crippen LogP contribution in [0.15, 0.2) is 0 Å². The summed E-state index contributed by atoms with van der Waals surface area (Å²) >= 11 is 0. The van der Waals surface area contributed by atoms with Crippen LogP contribution in [0, 0.1) is 0 Å². The maximum Gasteiger partial charge on any atom is 0.407 e. The van der Waals surface area contributed by atoms with E-state index in [2.05, 4.69) is 12.2 Å². The zero-order valence-corrected chi connectivity index (χ0v) is 21.9. The largest absolute Gasteiger partial charge is 0.447 e. The minimum Gasteiger partial charge on any atom is -0.447 e. The highest BCUT2D eigenvalue weighted by molar-refractivity contribution is 5.67. The third-order valence-corrected chi connectivity index (χ3v) is 6.03. The third-order valence-electron chi connectivity index (χ3n) is 6.03. The van der Waals surface area contributed by atoms with Gasteiger partial charge in [0.1, 0.15) is 12.7 Å². The highest BCUT2D eigenvalue weighted by atomic mass is 16.6. The van der Waals surface area contributed by atoms with E-state index < -0.39 is 6.09 Å². The standard InChI is InChI=1S/C27H55NO5/c1-3-4-5-6-7-8-9-10-11-12-13-14-15-16-17-18-21-28-27(30)33-25-26(31-2)24-32-23-20-19-22-29/h26,29H,3-25H2,1-2H3,(H,28,30)/t26-/m0/s1. The van der Waals surface area contributed by atoms with Crippen LogP contribution in [0.2, 0.25) is 0 Å². The monoisotopic (exact) mass is 473 g/mol. The van der Waals surface area contributed by atoms with Gasteiger partial charge in [-0.1, -0.05) is 103 Å². The van der Waals surface area contributed by atoms with Gasteiger partial charge in [0.05, 0.1) is 6.61 Å². The van der Waals surface area contributed by atoms with Crippen molar-refractivity contribution in [2.24, 2.45) is 0 Å². The molecule has 198 valence electrons. The molecule has 1 atom stereocenters. The van der Waals surface area contributed by atoms with Gasteiger partial charge in [-0.15, -0.1) is 0 Å². The molecule has 0 aromatic rings. The number of alkyl carbamates (subject to hydrolysis) is 1. The fraction of sp³-hybridized carbons (Fsp3) is 0.963. The second-order valence-corrected chi connectivity index (χ2v) is 9.19. The Labute approximate surface area is 204 Å². The van der Waals surface area contributed by atoms with Gasteiger partial charge in [0.2, 0.25) is 0 Å². The lowest BCUT2D eigenvalue weighted by Gasteiger charge is -2.16. The molecule has 0 spiro atoms. The lowest BCUT2D eigenvalue weighted by molar-refractivity contribution is -0.0251. The number of carbonyl (C=O) groups excluding carboxylic acids is 1. The number of carbonyl (C=O) groups is 1. The van der Waals surface area contributed by atoms with Gasteiger partial charge in [-0.2, -0.15) is 0 Å². The Morgan fingerprint density at radius 1 is 0.727 bits per heavy atom. The molecule has 0 aromatic heterocycles. The van der Waals surface area contributed by atoms with Gasteiger partial charge in [-0.05, 0) is 19.3 Å². The summed E-state index contributed by atoms with van der Waals surface area (Å²) in [6.07, 6.45) is 22.4. The van der Waals surface area contributed by atoms with Gasteiger partial charge >= 0.3 is 6.09 Å². The molecule has 6 heteroatoms. The Hall–Kier alpha value is -0.850. The molecule has 1 amide bonds. The molecule has 0 fully saturated rings. The number of hydrogen-bond acceptors (Lipinski definition) is 5. The Bertz CT molecular complexity index is 395. The van der Waals surface area contributed by atoms with Crippen molar-refractivity contribution in [3.63, 3.8) is 0 Å². The molecule has 2 N–H and O–H groups in total. The maximum atomic E-state index is 11.8. The van der Waals surface area contributed by atoms with Gasteiger partial charge in [0.25, 0.3) is 0 Å². The SMILES string of the molecule is CCCCCCCCCCCCCCCCCCNC(=O)OC[C@H](COCCCCO)OC. The molecular formula is C27H55NO5. The number of aliphatic hydroxyl groups is 1. The number of aliphatic hydroxyl groups excluding tert-OH is 1. The first kappa shape index (κ1) is 32.1. The van der Waals surface area contributed by atoms with Crippen molar-refractivity contribution in [3.05, 3.63) is 0 Å². The summed E-state index contributed by atoms with van der Waals surface area (Å²) in [6, 6.07) is 0. The summed E-state index contributed by atoms with van der Waals surface area (Å²) in [7, 11) is 1.58. The Morgan fingerprint density at radius 3 is 1.73 bits per heavy atom. The first-order chi connectivity index (χ1) is 16.2. The number of hydrogen-bond donors (Lipinski definition) is 2. The zero-order valence-electron chi connectivity index (χ0n) is 21.9. The summed E-state index contributed by atoms with van der Waals surface area (Å²) in [5.41, 5.74) is 0. The molecule has 0 bridgehead atoms. The first-order valence-electron chi connectivity index (χ1n) is 13.9. The van der Waals surface area contributed by atoms with E-state index in [1.165, 1.54) is 89.9 Å². The summed E-state index contributed by atoms with van der Waals surface area (Å²) in [5, 5.41) is 11.5. The quantitative estimate of drug-likeness (QED) is 0.135. The van der Waals surface area contributed by atoms with Crippen molar-refractivity contribution < 1.29 is 24.1 Å². The molecule has 0 aromatic carbocycles. The highest BCUT2D eigenvalue weighted by Crippen LogP contribution is 2.13. The Morgan fingerprint density at radius 2 is 1.24 bits per heavy atom. The number of rotatable bonds is 26. The molecule has 0 aliphatic carbocycles. The van der Waals surface area contributed by atoms with E-state index in [0.717, 1.165) is 25.7 Å². The second-order valence-electron chi connectivity index (χ2n) is 9.19. The molecule has 0 aliphatic rings. The average Bonchev–Trinajstić information content (AvgIpc) is 2.82. The topological polar surface area (TPSA) is 77.0 Å². The summed E-state index contributed by atoms with van der Waals surface area (Å²) in [4.78, 5) is 11.8. The van der Waals surface area contributed by atoms with Crippen LogP contribution in [0.1, 0.15) is 122 Å². The van der Waals surface area contributed by atoms with E-state index in [1.54, 1.807) is 7.11 Å². The fourth-order valence-corrected chi connectivity index (χ4v) is 3.80. The molecule has 33 heavy (non-hydrogen) atoms. The Kier molecular flexibility index (Phi) is 26.7. The lowest BCUT2D eigenvalue weighted by atomic mass is 10.0. The van der Waals surface area contributed by atoms with Crippen molar-refractivity contribution in [2.45, 2.75) is 129 Å². The van der Waals surface area contributed by atoms with Crippen molar-refractivity contribution in [3.8, 4) is 0 Å². The van der Waals surface area contributed by atoms with Crippen molar-refractivity contribution in [2.75, 3.05) is 40.1 Å². The van der Waals surface area contributed by atoms with Crippen LogP contribution < -0.4 is 5.32 Å². The summed E-state index contributed by atoms with van der Waals surface area (Å²) < 4.78 is 15.9. The molecule has 0 saturated heterocycles. The summed E-state index contributed by atoms with van der Waals surface area (Å²) in [6.45, 7) is 4.26. The van der Waals surface area contributed by atoms with Gasteiger partial charge in [-0.3, -0.25) is 0 Å². The number of amides is 1. The van der Waals surface area contributed by atoms with E-state index in [0.29, 0.717) is 19.8 Å². The zero-order chi connectivity index (χ0) is 24.2. The smallest absolute Gasteiger partial charge is 0.407 e. The molecular weight excluding hydrogens is 418 g/mol. The average molecular weight is 474 g/mol. The molecule has 0 aliphatic heterocycles. The van der Waals surface area contributed by atoms with Crippen molar-refractivity contribution >= 4 is 6.09 Å². The highest BCUT2D eigenvalue weighted by Gasteiger charge is 2.11. The number of nitrogens with one attached hydrogen (secondary N) is 1. The van der Waals surface area contributed by atoms with Crippen LogP contribution in [0.5, 0.6) is 0 Å². The van der Waals surface area contributed by atoms with Crippen LogP contribution in [-0.4, -0.2) is 57.4 Å².